The highest BCUT2D eigenvalue weighted by Gasteiger charge is 2.44. The van der Waals surface area contributed by atoms with E-state index in [1.54, 1.807) is 0 Å². The number of unbranched alkanes of at least 4 members (excludes halogenated alkanes) is 3. The molecule has 0 aliphatic rings. The number of rotatable bonds is 18. The minimum absolute atomic E-state index is 0.265. The van der Waals surface area contributed by atoms with Crippen LogP contribution in [-0.4, -0.2) is 28.5 Å². The SMILES string of the molecule is CCCCC(S)C(S)(S)OP(OC(S)(S)C(S)CCCC)OC(S)(S)C(S)CCCC. The highest BCUT2D eigenvalue weighted by molar-refractivity contribution is 8.03. The fourth-order valence-electron chi connectivity index (χ4n) is 2.32. The Morgan fingerprint density at radius 2 is 0.774 bits per heavy atom. The fraction of sp³-hybridized carbons (Fsp3) is 1.00. The predicted molar refractivity (Wildman–Crippen MR) is 169 cm³/mol. The molecule has 0 bridgehead atoms. The van der Waals surface area contributed by atoms with Gasteiger partial charge in [-0.15, -0.1) is 75.8 Å². The van der Waals surface area contributed by atoms with Gasteiger partial charge in [0.05, 0.1) is 15.7 Å². The molecule has 31 heavy (non-hydrogen) atoms. The van der Waals surface area contributed by atoms with Crippen molar-refractivity contribution in [3.8, 4) is 0 Å². The van der Waals surface area contributed by atoms with Gasteiger partial charge in [0.2, 0.25) is 0 Å². The van der Waals surface area contributed by atoms with Gasteiger partial charge in [0.15, 0.2) is 12.8 Å². The smallest absolute Gasteiger partial charge is 0.283 e. The van der Waals surface area contributed by atoms with Crippen LogP contribution in [0, 0.1) is 0 Å². The third-order valence-electron chi connectivity index (χ3n) is 4.42. The normalized spacial score (nSPS) is 17.4. The molecule has 0 aromatic heterocycles. The molecule has 0 aliphatic carbocycles. The summed E-state index contributed by atoms with van der Waals surface area (Å²) >= 11 is 41.5. The summed E-state index contributed by atoms with van der Waals surface area (Å²) in [6.45, 7) is 6.33. The van der Waals surface area contributed by atoms with E-state index >= 15 is 0 Å². The summed E-state index contributed by atoms with van der Waals surface area (Å²) in [5, 5.41) is -0.796. The van der Waals surface area contributed by atoms with Crippen LogP contribution in [0.25, 0.3) is 0 Å². The molecule has 0 spiro atoms. The molecule has 0 radical (unpaired) electrons. The molecule has 0 rings (SSSR count). The van der Waals surface area contributed by atoms with Gasteiger partial charge in [-0.3, -0.25) is 13.6 Å². The Kier molecular flexibility index (Phi) is 19.0. The summed E-state index contributed by atoms with van der Waals surface area (Å²) < 4.78 is 14.6. The van der Waals surface area contributed by atoms with Crippen molar-refractivity contribution in [3.05, 3.63) is 0 Å². The summed E-state index contributed by atoms with van der Waals surface area (Å²) in [7, 11) is -2.07. The summed E-state index contributed by atoms with van der Waals surface area (Å²) in [6, 6.07) is 0. The van der Waals surface area contributed by atoms with E-state index in [-0.39, 0.29) is 15.7 Å². The van der Waals surface area contributed by atoms with Crippen LogP contribution in [0.5, 0.6) is 0 Å². The van der Waals surface area contributed by atoms with Crippen molar-refractivity contribution in [1.82, 2.24) is 0 Å². The van der Waals surface area contributed by atoms with Crippen LogP contribution < -0.4 is 0 Å². The van der Waals surface area contributed by atoms with E-state index in [2.05, 4.69) is 134 Å². The molecule has 3 unspecified atom stereocenters. The molecular formula is C18H39O3PS9. The lowest BCUT2D eigenvalue weighted by atomic mass is 10.2. The standard InChI is InChI=1S/C18H39O3PS9/c1-4-7-10-13(23)16(26,27)19-22(20-17(28,29)14(24)11-8-5-2)21-18(30,31)15(25)12-9-6-3/h13-15,23-31H,4-12H2,1-3H3. The average Bonchev–Trinajstić information content (AvgIpc) is 2.66. The zero-order valence-corrected chi connectivity index (χ0v) is 27.2. The van der Waals surface area contributed by atoms with Crippen LogP contribution in [0.1, 0.15) is 78.6 Å². The van der Waals surface area contributed by atoms with Gasteiger partial charge in [-0.2, -0.15) is 37.9 Å². The van der Waals surface area contributed by atoms with E-state index in [0.29, 0.717) is 0 Å². The monoisotopic (exact) mass is 622 g/mol. The van der Waals surface area contributed by atoms with Gasteiger partial charge < -0.3 is 0 Å². The van der Waals surface area contributed by atoms with Gasteiger partial charge in [0, 0.05) is 0 Å². The Balaban J connectivity index is 5.55. The molecule has 0 fully saturated rings. The van der Waals surface area contributed by atoms with Gasteiger partial charge in [0.1, 0.15) is 0 Å². The van der Waals surface area contributed by atoms with Crippen molar-refractivity contribution in [2.45, 2.75) is 107 Å². The maximum atomic E-state index is 6.09. The van der Waals surface area contributed by atoms with Crippen LogP contribution in [0.3, 0.4) is 0 Å². The predicted octanol–water partition coefficient (Wildman–Crippen LogP) is 8.27. The summed E-state index contributed by atoms with van der Waals surface area (Å²) in [6.07, 6.45) is 8.31. The first-order valence-electron chi connectivity index (χ1n) is 10.5. The van der Waals surface area contributed by atoms with Crippen molar-refractivity contribution in [3.63, 3.8) is 0 Å². The van der Waals surface area contributed by atoms with E-state index in [1.807, 2.05) is 0 Å². The summed E-state index contributed by atoms with van der Waals surface area (Å²) in [5.74, 6) is 0. The summed E-state index contributed by atoms with van der Waals surface area (Å²) in [5.41, 5.74) is 0. The molecule has 0 saturated heterocycles. The molecule has 0 aliphatic heterocycles. The van der Waals surface area contributed by atoms with Crippen LogP contribution in [0.2, 0.25) is 0 Å². The van der Waals surface area contributed by atoms with E-state index < -0.39 is 21.4 Å². The Morgan fingerprint density at radius 3 is 0.968 bits per heavy atom. The minimum atomic E-state index is -2.07. The molecule has 0 saturated carbocycles. The first-order valence-corrected chi connectivity index (χ1v) is 15.8. The zero-order valence-electron chi connectivity index (χ0n) is 18.3. The third kappa shape index (κ3) is 14.1. The molecule has 0 amide bonds. The van der Waals surface area contributed by atoms with Crippen molar-refractivity contribution < 1.29 is 13.6 Å². The molecule has 13 heteroatoms. The maximum absolute atomic E-state index is 6.09. The molecule has 0 heterocycles. The maximum Gasteiger partial charge on any atom is 0.339 e. The first-order chi connectivity index (χ1) is 14.2. The summed E-state index contributed by atoms with van der Waals surface area (Å²) in [4.78, 5) is 0. The molecule has 0 aromatic rings. The Morgan fingerprint density at radius 1 is 0.548 bits per heavy atom. The average molecular weight is 623 g/mol. The van der Waals surface area contributed by atoms with Gasteiger partial charge in [-0.1, -0.05) is 59.3 Å². The second kappa shape index (κ2) is 17.1. The van der Waals surface area contributed by atoms with Crippen molar-refractivity contribution in [2.75, 3.05) is 0 Å². The number of hydrogen-bond acceptors (Lipinski definition) is 12. The molecule has 0 N–H and O–H groups in total. The fourth-order valence-corrected chi connectivity index (χ4v) is 6.41. The third-order valence-corrected chi connectivity index (χ3v) is 12.1. The lowest BCUT2D eigenvalue weighted by Gasteiger charge is -2.39. The van der Waals surface area contributed by atoms with E-state index in [0.717, 1.165) is 57.8 Å². The van der Waals surface area contributed by atoms with Crippen LogP contribution in [-0.2, 0) is 13.6 Å². The minimum Gasteiger partial charge on any atom is -0.283 e. The van der Waals surface area contributed by atoms with E-state index in [9.17, 15) is 0 Å². The van der Waals surface area contributed by atoms with Crippen LogP contribution in [0.15, 0.2) is 0 Å². The van der Waals surface area contributed by atoms with Gasteiger partial charge >= 0.3 is 8.60 Å². The quantitative estimate of drug-likeness (QED) is 0.0438. The van der Waals surface area contributed by atoms with Crippen molar-refractivity contribution >= 4 is 122 Å². The van der Waals surface area contributed by atoms with Crippen LogP contribution in [0.4, 0.5) is 0 Å². The number of thiol groups is 9. The second-order valence-corrected chi connectivity index (χ2v) is 15.4. The molecule has 188 valence electrons. The van der Waals surface area contributed by atoms with Crippen molar-refractivity contribution in [2.24, 2.45) is 0 Å². The molecule has 3 atom stereocenters. The lowest BCUT2D eigenvalue weighted by Crippen LogP contribution is -2.36. The zero-order chi connectivity index (χ0) is 24.3. The molecule has 3 nitrogen and oxygen atoms in total. The Bertz CT molecular complexity index is 420. The largest absolute Gasteiger partial charge is 0.339 e. The second-order valence-electron chi connectivity index (χ2n) is 7.45. The van der Waals surface area contributed by atoms with E-state index in [4.69, 9.17) is 13.6 Å². The molecular weight excluding hydrogens is 584 g/mol. The lowest BCUT2D eigenvalue weighted by molar-refractivity contribution is 0.106. The highest BCUT2D eigenvalue weighted by Crippen LogP contribution is 2.58. The van der Waals surface area contributed by atoms with E-state index in [1.165, 1.54) is 0 Å². The van der Waals surface area contributed by atoms with Crippen molar-refractivity contribution in [1.29, 1.82) is 0 Å². The topological polar surface area (TPSA) is 27.7 Å². The highest BCUT2D eigenvalue weighted by atomic mass is 32.2. The number of hydrogen-bond donors (Lipinski definition) is 9. The Labute approximate surface area is 240 Å². The first kappa shape index (κ1) is 34.5. The Hall–Kier alpha value is 3.46. The van der Waals surface area contributed by atoms with Gasteiger partial charge in [-0.25, -0.2) is 0 Å². The van der Waals surface area contributed by atoms with Gasteiger partial charge in [-0.05, 0) is 19.3 Å². The van der Waals surface area contributed by atoms with Crippen LogP contribution >= 0.6 is 122 Å². The molecule has 0 aromatic carbocycles. The van der Waals surface area contributed by atoms with Gasteiger partial charge in [0.25, 0.3) is 0 Å².